The summed E-state index contributed by atoms with van der Waals surface area (Å²) in [6, 6.07) is 0. The second-order valence-electron chi connectivity index (χ2n) is 6.76. The predicted molar refractivity (Wildman–Crippen MR) is 88.5 cm³/mol. The fraction of sp³-hybridized carbons (Fsp3) is 0.706. The summed E-state index contributed by atoms with van der Waals surface area (Å²) in [5.74, 6) is 1.23. The number of likely N-dealkylation sites (tertiary alicyclic amines) is 1. The first-order chi connectivity index (χ1) is 11.1. The number of ether oxygens (including phenoxy) is 1. The van der Waals surface area contributed by atoms with Crippen LogP contribution in [0.2, 0.25) is 0 Å². The molecular weight excluding hydrogens is 292 g/mol. The molecule has 2 aliphatic rings. The van der Waals surface area contributed by atoms with Crippen LogP contribution < -0.4 is 4.90 Å². The third-order valence-corrected chi connectivity index (χ3v) is 5.09. The summed E-state index contributed by atoms with van der Waals surface area (Å²) in [5.41, 5.74) is 1.61. The molecule has 2 aliphatic heterocycles. The minimum Gasteiger partial charge on any atom is -0.383 e. The van der Waals surface area contributed by atoms with Gasteiger partial charge in [-0.2, -0.15) is 0 Å². The van der Waals surface area contributed by atoms with Crippen LogP contribution in [0.15, 0.2) is 6.20 Å². The van der Waals surface area contributed by atoms with Crippen molar-refractivity contribution in [1.82, 2.24) is 14.9 Å². The maximum Gasteiger partial charge on any atom is 0.230 e. The van der Waals surface area contributed by atoms with Crippen molar-refractivity contribution < 1.29 is 9.53 Å². The van der Waals surface area contributed by atoms with Crippen molar-refractivity contribution in [2.24, 2.45) is 5.41 Å². The van der Waals surface area contributed by atoms with Crippen molar-refractivity contribution in [3.8, 4) is 0 Å². The first kappa shape index (κ1) is 16.2. The van der Waals surface area contributed by atoms with Crippen molar-refractivity contribution in [1.29, 1.82) is 0 Å². The number of carbonyl (C=O) groups excluding carboxylic acids is 1. The number of hydrogen-bond acceptors (Lipinski definition) is 5. The Labute approximate surface area is 137 Å². The van der Waals surface area contributed by atoms with Gasteiger partial charge >= 0.3 is 0 Å². The van der Waals surface area contributed by atoms with E-state index in [9.17, 15) is 4.79 Å². The number of rotatable bonds is 4. The molecule has 0 radical (unpaired) electrons. The number of hydrogen-bond donors (Lipinski definition) is 0. The molecule has 1 aromatic heterocycles. The third-order valence-electron chi connectivity index (χ3n) is 5.09. The smallest absolute Gasteiger partial charge is 0.230 e. The highest BCUT2D eigenvalue weighted by Crippen LogP contribution is 2.41. The molecule has 3 rings (SSSR count). The monoisotopic (exact) mass is 318 g/mol. The molecule has 2 saturated heterocycles. The SMILES string of the molecule is COCCN1CCC[C@@]2(CCN(c3nc(C)cnc3C)C2)C1=O. The summed E-state index contributed by atoms with van der Waals surface area (Å²) in [4.78, 5) is 26.3. The lowest BCUT2D eigenvalue weighted by Gasteiger charge is -2.39. The molecule has 2 fully saturated rings. The molecule has 1 spiro atoms. The fourth-order valence-corrected chi connectivity index (χ4v) is 3.82. The van der Waals surface area contributed by atoms with Gasteiger partial charge in [0.05, 0.1) is 23.4 Å². The number of nitrogens with zero attached hydrogens (tertiary/aromatic N) is 4. The number of amides is 1. The van der Waals surface area contributed by atoms with Crippen molar-refractivity contribution in [2.75, 3.05) is 44.8 Å². The maximum atomic E-state index is 13.0. The number of piperidine rings is 1. The molecule has 0 aliphatic carbocycles. The molecule has 0 bridgehead atoms. The molecule has 0 aromatic carbocycles. The van der Waals surface area contributed by atoms with Gasteiger partial charge in [-0.15, -0.1) is 0 Å². The summed E-state index contributed by atoms with van der Waals surface area (Å²) in [6.07, 6.45) is 4.75. The van der Waals surface area contributed by atoms with Crippen LogP contribution in [-0.4, -0.2) is 60.7 Å². The van der Waals surface area contributed by atoms with Crippen molar-refractivity contribution in [3.63, 3.8) is 0 Å². The molecule has 126 valence electrons. The zero-order valence-corrected chi connectivity index (χ0v) is 14.3. The third kappa shape index (κ3) is 3.04. The van der Waals surface area contributed by atoms with E-state index < -0.39 is 0 Å². The Hall–Kier alpha value is -1.69. The molecule has 1 aromatic rings. The number of anilines is 1. The largest absolute Gasteiger partial charge is 0.383 e. The highest BCUT2D eigenvalue weighted by Gasteiger charge is 2.48. The van der Waals surface area contributed by atoms with E-state index in [-0.39, 0.29) is 5.41 Å². The van der Waals surface area contributed by atoms with Crippen LogP contribution >= 0.6 is 0 Å². The highest BCUT2D eigenvalue weighted by atomic mass is 16.5. The Kier molecular flexibility index (Phi) is 4.53. The molecule has 1 atom stereocenters. The van der Waals surface area contributed by atoms with Gasteiger partial charge in [0, 0.05) is 39.5 Å². The predicted octanol–water partition coefficient (Wildman–Crippen LogP) is 1.56. The van der Waals surface area contributed by atoms with Crippen LogP contribution in [0, 0.1) is 19.3 Å². The first-order valence-corrected chi connectivity index (χ1v) is 8.39. The summed E-state index contributed by atoms with van der Waals surface area (Å²) in [5, 5.41) is 0. The standard InChI is InChI=1S/C17H26N4O2/c1-13-11-18-14(2)15(19-13)21-8-6-17(12-21)5-4-7-20(16(17)22)9-10-23-3/h11H,4-10,12H2,1-3H3/t17-/m0/s1. The van der Waals surface area contributed by atoms with Crippen molar-refractivity contribution >= 4 is 11.7 Å². The van der Waals surface area contributed by atoms with E-state index in [1.54, 1.807) is 13.3 Å². The van der Waals surface area contributed by atoms with Gasteiger partial charge in [-0.3, -0.25) is 9.78 Å². The lowest BCUT2D eigenvalue weighted by Crippen LogP contribution is -2.51. The second-order valence-corrected chi connectivity index (χ2v) is 6.76. The first-order valence-electron chi connectivity index (χ1n) is 8.39. The van der Waals surface area contributed by atoms with Crippen LogP contribution in [0.5, 0.6) is 0 Å². The van der Waals surface area contributed by atoms with Gasteiger partial charge in [0.25, 0.3) is 0 Å². The Morgan fingerprint density at radius 3 is 2.91 bits per heavy atom. The average Bonchev–Trinajstić information content (AvgIpc) is 2.96. The number of aryl methyl sites for hydroxylation is 2. The van der Waals surface area contributed by atoms with Gasteiger partial charge in [-0.05, 0) is 33.1 Å². The van der Waals surface area contributed by atoms with Crippen LogP contribution in [0.4, 0.5) is 5.82 Å². The highest BCUT2D eigenvalue weighted by molar-refractivity contribution is 5.85. The van der Waals surface area contributed by atoms with Gasteiger partial charge in [0.1, 0.15) is 5.82 Å². The molecule has 23 heavy (non-hydrogen) atoms. The summed E-state index contributed by atoms with van der Waals surface area (Å²) >= 11 is 0. The van der Waals surface area contributed by atoms with E-state index in [0.717, 1.165) is 56.1 Å². The van der Waals surface area contributed by atoms with Gasteiger partial charge in [0.2, 0.25) is 5.91 Å². The zero-order valence-electron chi connectivity index (χ0n) is 14.3. The quantitative estimate of drug-likeness (QED) is 0.843. The van der Waals surface area contributed by atoms with E-state index in [1.807, 2.05) is 18.7 Å². The molecule has 0 saturated carbocycles. The fourth-order valence-electron chi connectivity index (χ4n) is 3.82. The Bertz CT molecular complexity index is 592. The Morgan fingerprint density at radius 2 is 2.13 bits per heavy atom. The summed E-state index contributed by atoms with van der Waals surface area (Å²) in [7, 11) is 1.68. The number of aromatic nitrogens is 2. The number of methoxy groups -OCH3 is 1. The van der Waals surface area contributed by atoms with Gasteiger partial charge in [-0.1, -0.05) is 0 Å². The molecule has 3 heterocycles. The summed E-state index contributed by atoms with van der Waals surface area (Å²) < 4.78 is 5.14. The van der Waals surface area contributed by atoms with Crippen LogP contribution in [0.25, 0.3) is 0 Å². The van der Waals surface area contributed by atoms with E-state index >= 15 is 0 Å². The Balaban J connectivity index is 1.77. The van der Waals surface area contributed by atoms with E-state index in [1.165, 1.54) is 0 Å². The molecule has 0 N–H and O–H groups in total. The van der Waals surface area contributed by atoms with Gasteiger partial charge in [0.15, 0.2) is 0 Å². The van der Waals surface area contributed by atoms with E-state index in [0.29, 0.717) is 19.1 Å². The normalized spacial score (nSPS) is 24.7. The second kappa shape index (κ2) is 6.43. The molecule has 1 amide bonds. The molecule has 0 unspecified atom stereocenters. The summed E-state index contributed by atoms with van der Waals surface area (Å²) in [6.45, 7) is 7.74. The van der Waals surface area contributed by atoms with Crippen molar-refractivity contribution in [3.05, 3.63) is 17.6 Å². The van der Waals surface area contributed by atoms with Crippen LogP contribution in [0.1, 0.15) is 30.7 Å². The van der Waals surface area contributed by atoms with E-state index in [4.69, 9.17) is 4.74 Å². The Morgan fingerprint density at radius 1 is 1.30 bits per heavy atom. The lowest BCUT2D eigenvalue weighted by atomic mass is 9.78. The molecular formula is C17H26N4O2. The molecule has 6 nitrogen and oxygen atoms in total. The lowest BCUT2D eigenvalue weighted by molar-refractivity contribution is -0.145. The minimum absolute atomic E-state index is 0.246. The van der Waals surface area contributed by atoms with Crippen molar-refractivity contribution in [2.45, 2.75) is 33.1 Å². The molecule has 6 heteroatoms. The minimum atomic E-state index is -0.246. The van der Waals surface area contributed by atoms with Crippen LogP contribution in [-0.2, 0) is 9.53 Å². The number of carbonyl (C=O) groups is 1. The topological polar surface area (TPSA) is 58.6 Å². The average molecular weight is 318 g/mol. The van der Waals surface area contributed by atoms with E-state index in [2.05, 4.69) is 14.9 Å². The zero-order chi connectivity index (χ0) is 16.4. The van der Waals surface area contributed by atoms with Gasteiger partial charge in [-0.25, -0.2) is 4.98 Å². The van der Waals surface area contributed by atoms with Gasteiger partial charge < -0.3 is 14.5 Å². The maximum absolute atomic E-state index is 13.0. The van der Waals surface area contributed by atoms with Crippen LogP contribution in [0.3, 0.4) is 0 Å².